The Morgan fingerprint density at radius 2 is 2.29 bits per heavy atom. The summed E-state index contributed by atoms with van der Waals surface area (Å²) in [4.78, 5) is 10.2. The molecule has 0 bridgehead atoms. The predicted molar refractivity (Wildman–Crippen MR) is 31.5 cm³/mol. The molecule has 0 heterocycles. The van der Waals surface area contributed by atoms with Gasteiger partial charge in [0.05, 0.1) is 4.86 Å². The van der Waals surface area contributed by atoms with Gasteiger partial charge in [0.25, 0.3) is 5.91 Å². The standard InChI is InChI=1S/C3H7NO2S/c1-2(7-6)3(4)5/h6-7H,1H3,(H2,4,5). The maximum atomic E-state index is 9.95. The molecule has 0 aliphatic heterocycles. The van der Waals surface area contributed by atoms with E-state index in [1.54, 1.807) is 0 Å². The van der Waals surface area contributed by atoms with E-state index in [1.807, 2.05) is 0 Å². The largest absolute Gasteiger partial charge is 0.365 e. The monoisotopic (exact) mass is 121 g/mol. The summed E-state index contributed by atoms with van der Waals surface area (Å²) in [6.45, 7) is 1.48. The number of carbonyl (C=O) groups is 1. The summed E-state index contributed by atoms with van der Waals surface area (Å²) in [5.74, 6) is -0.552. The number of carbonyl (C=O) groups excluding carboxylic acids is 1. The zero-order valence-corrected chi connectivity index (χ0v) is 4.77. The van der Waals surface area contributed by atoms with E-state index in [0.29, 0.717) is 0 Å². The average molecular weight is 121 g/mol. The van der Waals surface area contributed by atoms with E-state index in [2.05, 4.69) is 0 Å². The number of hydrogen-bond donors (Lipinski definition) is 3. The number of rotatable bonds is 1. The number of hydrogen-bond acceptors (Lipinski definition) is 2. The Morgan fingerprint density at radius 1 is 1.86 bits per heavy atom. The zero-order chi connectivity index (χ0) is 5.86. The second kappa shape index (κ2) is 2.76. The summed E-state index contributed by atoms with van der Waals surface area (Å²) in [6, 6.07) is 0. The van der Waals surface area contributed by atoms with Gasteiger partial charge in [-0.25, -0.2) is 0 Å². The molecule has 0 unspecified atom stereocenters. The SMILES string of the molecule is C/C(=[SH]/O)C(N)=O. The van der Waals surface area contributed by atoms with Crippen molar-refractivity contribution in [1.29, 1.82) is 0 Å². The number of nitrogens with two attached hydrogens (primary N) is 1. The van der Waals surface area contributed by atoms with Crippen LogP contribution in [0.5, 0.6) is 0 Å². The molecule has 0 aliphatic rings. The first-order valence-corrected chi connectivity index (χ1v) is 2.51. The van der Waals surface area contributed by atoms with Gasteiger partial charge in [0, 0.05) is 0 Å². The van der Waals surface area contributed by atoms with E-state index in [4.69, 9.17) is 10.3 Å². The van der Waals surface area contributed by atoms with Crippen LogP contribution in [0.25, 0.3) is 0 Å². The highest BCUT2D eigenvalue weighted by Crippen LogP contribution is 1.79. The maximum absolute atomic E-state index is 9.95. The van der Waals surface area contributed by atoms with Crippen LogP contribution in [-0.2, 0) is 4.79 Å². The fourth-order valence-electron chi connectivity index (χ4n) is 0.0493. The van der Waals surface area contributed by atoms with Crippen LogP contribution in [0.4, 0.5) is 0 Å². The van der Waals surface area contributed by atoms with E-state index in [1.165, 1.54) is 6.92 Å². The molecular formula is C3H7NO2S. The molecular weight excluding hydrogens is 114 g/mol. The topological polar surface area (TPSA) is 63.3 Å². The van der Waals surface area contributed by atoms with E-state index in [0.717, 1.165) is 0 Å². The number of primary amides is 1. The maximum Gasteiger partial charge on any atom is 0.251 e. The predicted octanol–water partition coefficient (Wildman–Crippen LogP) is -0.398. The summed E-state index contributed by atoms with van der Waals surface area (Å²) >= 11 is -0.0355. The Kier molecular flexibility index (Phi) is 2.62. The van der Waals surface area contributed by atoms with E-state index < -0.39 is 5.91 Å². The highest BCUT2D eigenvalue weighted by molar-refractivity contribution is 7.94. The number of thiol groups is 1. The van der Waals surface area contributed by atoms with Crippen molar-refractivity contribution in [1.82, 2.24) is 0 Å². The smallest absolute Gasteiger partial charge is 0.251 e. The van der Waals surface area contributed by atoms with Gasteiger partial charge in [0.1, 0.15) is 0 Å². The van der Waals surface area contributed by atoms with Crippen LogP contribution in [0.15, 0.2) is 0 Å². The minimum absolute atomic E-state index is 0.0355. The molecule has 0 spiro atoms. The molecule has 0 saturated carbocycles. The first kappa shape index (κ1) is 6.65. The summed E-state index contributed by atoms with van der Waals surface area (Å²) in [5.41, 5.74) is 4.70. The molecule has 0 rings (SSSR count). The van der Waals surface area contributed by atoms with Gasteiger partial charge in [-0.05, 0) is 6.92 Å². The van der Waals surface area contributed by atoms with Crippen LogP contribution in [0, 0.1) is 0 Å². The normalized spacial score (nSPS) is 12.6. The molecule has 1 amide bonds. The van der Waals surface area contributed by atoms with Crippen molar-refractivity contribution in [2.24, 2.45) is 5.73 Å². The van der Waals surface area contributed by atoms with Gasteiger partial charge in [-0.1, -0.05) is 11.6 Å². The third kappa shape index (κ3) is 2.36. The van der Waals surface area contributed by atoms with Crippen LogP contribution in [-0.4, -0.2) is 15.3 Å². The molecule has 3 nitrogen and oxygen atoms in total. The number of amides is 1. The van der Waals surface area contributed by atoms with Crippen molar-refractivity contribution in [3.8, 4) is 0 Å². The quantitative estimate of drug-likeness (QED) is 0.326. The second-order valence-corrected chi connectivity index (χ2v) is 1.92. The Morgan fingerprint density at radius 3 is 2.29 bits per heavy atom. The van der Waals surface area contributed by atoms with Crippen molar-refractivity contribution in [3.05, 3.63) is 0 Å². The van der Waals surface area contributed by atoms with Gasteiger partial charge in [0.2, 0.25) is 0 Å². The van der Waals surface area contributed by atoms with Crippen molar-refractivity contribution in [2.75, 3.05) is 0 Å². The lowest BCUT2D eigenvalue weighted by Gasteiger charge is -1.84. The molecule has 0 radical (unpaired) electrons. The van der Waals surface area contributed by atoms with Gasteiger partial charge >= 0.3 is 0 Å². The first-order valence-electron chi connectivity index (χ1n) is 1.67. The molecule has 3 N–H and O–H groups in total. The molecule has 0 atom stereocenters. The third-order valence-electron chi connectivity index (χ3n) is 0.507. The lowest BCUT2D eigenvalue weighted by Crippen LogP contribution is -2.18. The molecule has 0 aromatic rings. The molecule has 4 heteroatoms. The van der Waals surface area contributed by atoms with Crippen molar-refractivity contribution < 1.29 is 9.35 Å². The van der Waals surface area contributed by atoms with Crippen LogP contribution in [0.2, 0.25) is 0 Å². The van der Waals surface area contributed by atoms with E-state index >= 15 is 0 Å². The molecule has 42 valence electrons. The molecule has 0 aromatic heterocycles. The average Bonchev–Trinajstić information content (AvgIpc) is 1.65. The highest BCUT2D eigenvalue weighted by atomic mass is 32.2. The third-order valence-corrected chi connectivity index (χ3v) is 1.03. The summed E-state index contributed by atoms with van der Waals surface area (Å²) in [5, 5.41) is 0. The van der Waals surface area contributed by atoms with E-state index in [-0.39, 0.29) is 16.5 Å². The van der Waals surface area contributed by atoms with Crippen molar-refractivity contribution in [2.45, 2.75) is 6.92 Å². The first-order chi connectivity index (χ1) is 3.18. The van der Waals surface area contributed by atoms with Crippen LogP contribution >= 0.6 is 11.6 Å². The molecule has 0 aliphatic carbocycles. The Balaban J connectivity index is 3.82. The van der Waals surface area contributed by atoms with Crippen molar-refractivity contribution >= 4 is 22.4 Å². The van der Waals surface area contributed by atoms with Gasteiger partial charge in [-0.15, -0.1) is 0 Å². The minimum atomic E-state index is -0.552. The minimum Gasteiger partial charge on any atom is -0.365 e. The van der Waals surface area contributed by atoms with Crippen LogP contribution in [0.1, 0.15) is 6.92 Å². The Bertz CT molecular complexity index is 110. The van der Waals surface area contributed by atoms with Crippen LogP contribution < -0.4 is 5.73 Å². The molecule has 7 heavy (non-hydrogen) atoms. The fraction of sp³-hybridized carbons (Fsp3) is 0.333. The van der Waals surface area contributed by atoms with Gasteiger partial charge in [-0.3, -0.25) is 4.79 Å². The molecule has 0 aromatic carbocycles. The van der Waals surface area contributed by atoms with Crippen LogP contribution in [0.3, 0.4) is 0 Å². The Hall–Kier alpha value is -0.350. The van der Waals surface area contributed by atoms with Gasteiger partial charge < -0.3 is 10.3 Å². The highest BCUT2D eigenvalue weighted by Gasteiger charge is 1.91. The van der Waals surface area contributed by atoms with Gasteiger partial charge in [0.15, 0.2) is 0 Å². The summed E-state index contributed by atoms with van der Waals surface area (Å²) in [7, 11) is 0. The molecule has 0 fully saturated rings. The van der Waals surface area contributed by atoms with E-state index in [9.17, 15) is 4.79 Å². The summed E-state index contributed by atoms with van der Waals surface area (Å²) < 4.78 is 8.14. The fourth-order valence-corrected chi connectivity index (χ4v) is 0.148. The lowest BCUT2D eigenvalue weighted by molar-refractivity contribution is -0.111. The van der Waals surface area contributed by atoms with Gasteiger partial charge in [-0.2, -0.15) is 0 Å². The van der Waals surface area contributed by atoms with Crippen molar-refractivity contribution in [3.63, 3.8) is 0 Å². The second-order valence-electron chi connectivity index (χ2n) is 1.05. The Labute approximate surface area is 45.3 Å². The summed E-state index contributed by atoms with van der Waals surface area (Å²) in [6.07, 6.45) is 0. The zero-order valence-electron chi connectivity index (χ0n) is 3.88. The molecule has 0 saturated heterocycles. The lowest BCUT2D eigenvalue weighted by atomic mass is 10.5.